The van der Waals surface area contributed by atoms with E-state index in [-0.39, 0.29) is 35.6 Å². The molecule has 1 atom stereocenters. The lowest BCUT2D eigenvalue weighted by atomic mass is 9.93. The summed E-state index contributed by atoms with van der Waals surface area (Å²) < 4.78 is 27.5. The van der Waals surface area contributed by atoms with Crippen molar-refractivity contribution in [1.29, 1.82) is 0 Å². The van der Waals surface area contributed by atoms with E-state index in [4.69, 9.17) is 0 Å². The first-order valence-corrected chi connectivity index (χ1v) is 13.6. The summed E-state index contributed by atoms with van der Waals surface area (Å²) >= 11 is 0. The fourth-order valence-electron chi connectivity index (χ4n) is 4.61. The molecule has 1 unspecified atom stereocenters. The maximum Gasteiger partial charge on any atom is 0.243 e. The van der Waals surface area contributed by atoms with Gasteiger partial charge in [-0.05, 0) is 76.7 Å². The van der Waals surface area contributed by atoms with Gasteiger partial charge in [0, 0.05) is 38.5 Å². The highest BCUT2D eigenvalue weighted by Gasteiger charge is 2.27. The number of hydrogen-bond acceptors (Lipinski definition) is 5. The molecular weight excluding hydrogens is 440 g/mol. The topological polar surface area (TPSA) is 98.8 Å². The second kappa shape index (κ2) is 12.5. The maximum absolute atomic E-state index is 13.1. The zero-order valence-electron chi connectivity index (χ0n) is 19.7. The average molecular weight is 479 g/mol. The largest absolute Gasteiger partial charge is 0.356 e. The van der Waals surface area contributed by atoms with Crippen LogP contribution < -0.4 is 10.6 Å². The molecule has 0 aliphatic carbocycles. The minimum Gasteiger partial charge on any atom is -0.356 e. The van der Waals surface area contributed by atoms with Crippen LogP contribution in [0.5, 0.6) is 0 Å². The standard InChI is InChI=1S/C24H38N4O4S/c1-27-17-11-20(12-18-27)9-14-26-24(30)21-6-5-16-28(19-13-23(29)25-15-10-21)33(31,32)22-7-3-2-4-8-22/h2-4,7-8,20-21H,5-6,9-19H2,1H3,(H,25,29)(H,26,30). The Labute approximate surface area is 198 Å². The number of rotatable bonds is 6. The summed E-state index contributed by atoms with van der Waals surface area (Å²) in [6, 6.07) is 8.30. The van der Waals surface area contributed by atoms with Gasteiger partial charge in [0.15, 0.2) is 0 Å². The van der Waals surface area contributed by atoms with E-state index < -0.39 is 10.0 Å². The predicted molar refractivity (Wildman–Crippen MR) is 128 cm³/mol. The molecule has 1 aromatic rings. The fourth-order valence-corrected chi connectivity index (χ4v) is 6.11. The third-order valence-corrected chi connectivity index (χ3v) is 8.72. The van der Waals surface area contributed by atoms with E-state index in [0.717, 1.165) is 19.5 Å². The summed E-state index contributed by atoms with van der Waals surface area (Å²) in [5, 5.41) is 5.94. The van der Waals surface area contributed by atoms with Crippen molar-refractivity contribution in [3.05, 3.63) is 30.3 Å². The maximum atomic E-state index is 13.1. The molecule has 0 bridgehead atoms. The number of piperidine rings is 1. The van der Waals surface area contributed by atoms with Gasteiger partial charge in [0.25, 0.3) is 0 Å². The van der Waals surface area contributed by atoms with Crippen LogP contribution in [0.4, 0.5) is 0 Å². The molecule has 2 fully saturated rings. The molecule has 33 heavy (non-hydrogen) atoms. The number of likely N-dealkylation sites (tertiary alicyclic amines) is 1. The van der Waals surface area contributed by atoms with Gasteiger partial charge in [-0.3, -0.25) is 9.59 Å². The Balaban J connectivity index is 1.56. The highest BCUT2D eigenvalue weighted by atomic mass is 32.2. The van der Waals surface area contributed by atoms with Crippen molar-refractivity contribution in [2.75, 3.05) is 46.3 Å². The lowest BCUT2D eigenvalue weighted by Crippen LogP contribution is -2.36. The number of sulfonamides is 1. The smallest absolute Gasteiger partial charge is 0.243 e. The molecule has 184 valence electrons. The van der Waals surface area contributed by atoms with Crippen LogP contribution in [0, 0.1) is 11.8 Å². The van der Waals surface area contributed by atoms with Gasteiger partial charge in [0.05, 0.1) is 4.90 Å². The van der Waals surface area contributed by atoms with Crippen LogP contribution in [-0.2, 0) is 19.6 Å². The lowest BCUT2D eigenvalue weighted by molar-refractivity contribution is -0.126. The van der Waals surface area contributed by atoms with E-state index in [0.29, 0.717) is 44.8 Å². The second-order valence-electron chi connectivity index (χ2n) is 9.27. The number of carbonyl (C=O) groups is 2. The first-order chi connectivity index (χ1) is 15.9. The minimum atomic E-state index is -3.68. The molecule has 8 nitrogen and oxygen atoms in total. The molecule has 2 saturated heterocycles. The Kier molecular flexibility index (Phi) is 9.70. The molecule has 9 heteroatoms. The number of amides is 2. The number of hydrogen-bond donors (Lipinski definition) is 2. The van der Waals surface area contributed by atoms with E-state index in [2.05, 4.69) is 22.6 Å². The van der Waals surface area contributed by atoms with Gasteiger partial charge in [-0.2, -0.15) is 4.31 Å². The van der Waals surface area contributed by atoms with Crippen molar-refractivity contribution < 1.29 is 18.0 Å². The van der Waals surface area contributed by atoms with Crippen molar-refractivity contribution in [1.82, 2.24) is 19.8 Å². The van der Waals surface area contributed by atoms with Crippen LogP contribution in [-0.4, -0.2) is 75.8 Å². The van der Waals surface area contributed by atoms with Crippen LogP contribution in [0.1, 0.15) is 44.9 Å². The van der Waals surface area contributed by atoms with Crippen LogP contribution in [0.15, 0.2) is 35.2 Å². The number of carbonyl (C=O) groups excluding carboxylic acids is 2. The van der Waals surface area contributed by atoms with Crippen LogP contribution >= 0.6 is 0 Å². The van der Waals surface area contributed by atoms with Crippen LogP contribution in [0.2, 0.25) is 0 Å². The summed E-state index contributed by atoms with van der Waals surface area (Å²) in [7, 11) is -1.54. The van der Waals surface area contributed by atoms with Crippen molar-refractivity contribution in [2.45, 2.75) is 49.8 Å². The van der Waals surface area contributed by atoms with Crippen LogP contribution in [0.25, 0.3) is 0 Å². The molecule has 1 aromatic carbocycles. The summed E-state index contributed by atoms with van der Waals surface area (Å²) in [5.41, 5.74) is 0. The summed E-state index contributed by atoms with van der Waals surface area (Å²) in [5.74, 6) is 0.243. The number of nitrogens with one attached hydrogen (secondary N) is 2. The van der Waals surface area contributed by atoms with E-state index in [9.17, 15) is 18.0 Å². The monoisotopic (exact) mass is 478 g/mol. The fraction of sp³-hybridized carbons (Fsp3) is 0.667. The summed E-state index contributed by atoms with van der Waals surface area (Å²) in [6.45, 7) is 3.76. The SMILES string of the molecule is CN1CCC(CCNC(=O)C2CCCN(S(=O)(=O)c3ccccc3)CCC(=O)NCC2)CC1. The molecule has 3 rings (SSSR count). The molecule has 0 spiro atoms. The van der Waals surface area contributed by atoms with Gasteiger partial charge in [-0.15, -0.1) is 0 Å². The molecule has 2 aliphatic heterocycles. The average Bonchev–Trinajstić information content (AvgIpc) is 2.85. The van der Waals surface area contributed by atoms with Gasteiger partial charge >= 0.3 is 0 Å². The van der Waals surface area contributed by atoms with Crippen molar-refractivity contribution in [3.63, 3.8) is 0 Å². The first-order valence-electron chi connectivity index (χ1n) is 12.1. The predicted octanol–water partition coefficient (Wildman–Crippen LogP) is 1.83. The van der Waals surface area contributed by atoms with Crippen molar-refractivity contribution >= 4 is 21.8 Å². The van der Waals surface area contributed by atoms with Gasteiger partial charge in [0.1, 0.15) is 0 Å². The molecule has 0 radical (unpaired) electrons. The van der Waals surface area contributed by atoms with E-state index in [1.165, 1.54) is 17.1 Å². The van der Waals surface area contributed by atoms with E-state index in [1.807, 2.05) is 0 Å². The number of nitrogens with zero attached hydrogens (tertiary/aromatic N) is 2. The lowest BCUT2D eigenvalue weighted by Gasteiger charge is -2.29. The zero-order valence-corrected chi connectivity index (χ0v) is 20.5. The van der Waals surface area contributed by atoms with Gasteiger partial charge in [-0.1, -0.05) is 18.2 Å². The van der Waals surface area contributed by atoms with Crippen molar-refractivity contribution in [2.24, 2.45) is 11.8 Å². The second-order valence-corrected chi connectivity index (χ2v) is 11.2. The Morgan fingerprint density at radius 2 is 1.79 bits per heavy atom. The van der Waals surface area contributed by atoms with Gasteiger partial charge < -0.3 is 15.5 Å². The van der Waals surface area contributed by atoms with Crippen LogP contribution in [0.3, 0.4) is 0 Å². The summed E-state index contributed by atoms with van der Waals surface area (Å²) in [6.07, 6.45) is 5.19. The molecule has 0 saturated carbocycles. The van der Waals surface area contributed by atoms with E-state index >= 15 is 0 Å². The molecule has 2 amide bonds. The third kappa shape index (κ3) is 7.79. The number of benzene rings is 1. The minimum absolute atomic E-state index is 0.00823. The Morgan fingerprint density at radius 1 is 1.06 bits per heavy atom. The molecule has 2 N–H and O–H groups in total. The zero-order chi connectivity index (χ0) is 23.7. The first kappa shape index (κ1) is 25.6. The Hall–Kier alpha value is -1.97. The van der Waals surface area contributed by atoms with Gasteiger partial charge in [0.2, 0.25) is 21.8 Å². The quantitative estimate of drug-likeness (QED) is 0.650. The normalized spacial score (nSPS) is 22.8. The molecule has 2 aliphatic rings. The molecule has 2 heterocycles. The Bertz CT molecular complexity index is 870. The third-order valence-electron chi connectivity index (χ3n) is 6.81. The Morgan fingerprint density at radius 3 is 2.52 bits per heavy atom. The summed E-state index contributed by atoms with van der Waals surface area (Å²) in [4.78, 5) is 27.7. The molecule has 0 aromatic heterocycles. The molecular formula is C24H38N4O4S. The van der Waals surface area contributed by atoms with Gasteiger partial charge in [-0.25, -0.2) is 8.42 Å². The van der Waals surface area contributed by atoms with E-state index in [1.54, 1.807) is 30.3 Å². The highest BCUT2D eigenvalue weighted by Crippen LogP contribution is 2.21. The highest BCUT2D eigenvalue weighted by molar-refractivity contribution is 7.89. The van der Waals surface area contributed by atoms with Crippen molar-refractivity contribution in [3.8, 4) is 0 Å².